The molecule has 27 heavy (non-hydrogen) atoms. The van der Waals surface area contributed by atoms with Crippen LogP contribution in [0.25, 0.3) is 11.0 Å². The van der Waals surface area contributed by atoms with E-state index >= 15 is 0 Å². The average molecular weight is 363 g/mol. The first-order valence-electron chi connectivity index (χ1n) is 9.73. The number of benzene rings is 2. The zero-order chi connectivity index (χ0) is 18.6. The molecule has 1 saturated heterocycles. The number of aryl methyl sites for hydroxylation is 1. The van der Waals surface area contributed by atoms with E-state index in [0.29, 0.717) is 6.42 Å². The van der Waals surface area contributed by atoms with E-state index in [0.717, 1.165) is 49.8 Å². The number of likely N-dealkylation sites (tertiary alicyclic amines) is 1. The van der Waals surface area contributed by atoms with E-state index < -0.39 is 0 Å². The fraction of sp³-hybridized carbons (Fsp3) is 0.364. The van der Waals surface area contributed by atoms with Gasteiger partial charge in [0, 0.05) is 25.6 Å². The zero-order valence-electron chi connectivity index (χ0n) is 15.4. The molecule has 2 heterocycles. The maximum atomic E-state index is 12.5. The number of rotatable bonds is 5. The summed E-state index contributed by atoms with van der Waals surface area (Å²) in [7, 11) is 0. The first kappa shape index (κ1) is 17.6. The largest absolute Gasteiger partial charge is 0.343 e. The quantitative estimate of drug-likeness (QED) is 0.754. The topological polar surface area (TPSA) is 58.1 Å². The van der Waals surface area contributed by atoms with E-state index in [-0.39, 0.29) is 17.6 Å². The molecule has 1 fully saturated rings. The standard InChI is InChI=1S/C22H25N3O2/c26-21(12-6-9-17-7-2-1-3-8-17)24-15-13-18(14-16-24)25-20-11-5-4-10-19(20)23-22(25)27/h1-5,7-8,10-11,18H,6,9,12-16H2,(H,23,27). The van der Waals surface area contributed by atoms with E-state index in [1.807, 2.05) is 51.9 Å². The molecule has 140 valence electrons. The van der Waals surface area contributed by atoms with Gasteiger partial charge in [-0.05, 0) is 43.4 Å². The van der Waals surface area contributed by atoms with Crippen molar-refractivity contribution in [2.45, 2.75) is 38.1 Å². The molecular weight excluding hydrogens is 338 g/mol. The lowest BCUT2D eigenvalue weighted by Gasteiger charge is -2.32. The summed E-state index contributed by atoms with van der Waals surface area (Å²) in [6.45, 7) is 1.45. The van der Waals surface area contributed by atoms with Crippen molar-refractivity contribution >= 4 is 16.9 Å². The van der Waals surface area contributed by atoms with E-state index in [9.17, 15) is 9.59 Å². The minimum atomic E-state index is -0.0520. The van der Waals surface area contributed by atoms with Crippen molar-refractivity contribution in [2.75, 3.05) is 13.1 Å². The molecule has 1 aromatic heterocycles. The van der Waals surface area contributed by atoms with E-state index in [2.05, 4.69) is 17.1 Å². The van der Waals surface area contributed by atoms with Gasteiger partial charge in [0.25, 0.3) is 0 Å². The molecule has 0 aliphatic carbocycles. The second-order valence-electron chi connectivity index (χ2n) is 7.27. The van der Waals surface area contributed by atoms with Crippen molar-refractivity contribution in [3.05, 3.63) is 70.6 Å². The number of carbonyl (C=O) groups excluding carboxylic acids is 1. The second kappa shape index (κ2) is 7.82. The van der Waals surface area contributed by atoms with Crippen LogP contribution < -0.4 is 5.69 Å². The Labute approximate surface area is 158 Å². The molecule has 0 atom stereocenters. The lowest BCUT2D eigenvalue weighted by molar-refractivity contribution is -0.132. The van der Waals surface area contributed by atoms with Crippen LogP contribution >= 0.6 is 0 Å². The van der Waals surface area contributed by atoms with E-state index in [1.54, 1.807) is 0 Å². The van der Waals surface area contributed by atoms with Crippen LogP contribution in [0.15, 0.2) is 59.4 Å². The van der Waals surface area contributed by atoms with Gasteiger partial charge >= 0.3 is 5.69 Å². The number of para-hydroxylation sites is 2. The molecule has 5 nitrogen and oxygen atoms in total. The Bertz CT molecular complexity index is 966. The highest BCUT2D eigenvalue weighted by Gasteiger charge is 2.25. The molecule has 1 aliphatic heterocycles. The number of fused-ring (bicyclic) bond motifs is 1. The third-order valence-corrected chi connectivity index (χ3v) is 5.51. The molecule has 1 amide bonds. The summed E-state index contributed by atoms with van der Waals surface area (Å²) in [6, 6.07) is 18.2. The van der Waals surface area contributed by atoms with Gasteiger partial charge in [-0.25, -0.2) is 4.79 Å². The van der Waals surface area contributed by atoms with Gasteiger partial charge in [-0.1, -0.05) is 42.5 Å². The summed E-state index contributed by atoms with van der Waals surface area (Å²) in [5.41, 5.74) is 3.06. The third kappa shape index (κ3) is 3.82. The summed E-state index contributed by atoms with van der Waals surface area (Å²) in [5.74, 6) is 0.232. The summed E-state index contributed by atoms with van der Waals surface area (Å²) in [5, 5.41) is 0. The van der Waals surface area contributed by atoms with Crippen molar-refractivity contribution < 1.29 is 4.79 Å². The van der Waals surface area contributed by atoms with Crippen LogP contribution in [0.1, 0.15) is 37.3 Å². The number of nitrogens with zero attached hydrogens (tertiary/aromatic N) is 2. The molecular formula is C22H25N3O2. The monoisotopic (exact) mass is 363 g/mol. The van der Waals surface area contributed by atoms with Gasteiger partial charge in [0.2, 0.25) is 5.91 Å². The number of aromatic nitrogens is 2. The Morgan fingerprint density at radius 2 is 1.70 bits per heavy atom. The van der Waals surface area contributed by atoms with E-state index in [4.69, 9.17) is 0 Å². The van der Waals surface area contributed by atoms with Gasteiger partial charge in [0.1, 0.15) is 0 Å². The smallest absolute Gasteiger partial charge is 0.326 e. The van der Waals surface area contributed by atoms with Gasteiger partial charge in [-0.3, -0.25) is 9.36 Å². The van der Waals surface area contributed by atoms with Crippen LogP contribution in [0.3, 0.4) is 0 Å². The van der Waals surface area contributed by atoms with Crippen molar-refractivity contribution in [1.29, 1.82) is 0 Å². The second-order valence-corrected chi connectivity index (χ2v) is 7.27. The minimum absolute atomic E-state index is 0.0520. The van der Waals surface area contributed by atoms with Crippen LogP contribution in [-0.2, 0) is 11.2 Å². The first-order chi connectivity index (χ1) is 13.2. The summed E-state index contributed by atoms with van der Waals surface area (Å²) in [4.78, 5) is 29.8. The predicted octanol–water partition coefficient (Wildman–Crippen LogP) is 3.52. The summed E-state index contributed by atoms with van der Waals surface area (Å²) >= 11 is 0. The summed E-state index contributed by atoms with van der Waals surface area (Å²) < 4.78 is 1.87. The number of aromatic amines is 1. The van der Waals surface area contributed by atoms with Gasteiger partial charge < -0.3 is 9.88 Å². The Hall–Kier alpha value is -2.82. The van der Waals surface area contributed by atoms with Crippen LogP contribution in [0.4, 0.5) is 0 Å². The lowest BCUT2D eigenvalue weighted by atomic mass is 10.0. The lowest BCUT2D eigenvalue weighted by Crippen LogP contribution is -2.40. The maximum absolute atomic E-state index is 12.5. The van der Waals surface area contributed by atoms with Crippen molar-refractivity contribution in [2.24, 2.45) is 0 Å². The van der Waals surface area contributed by atoms with Crippen LogP contribution in [0, 0.1) is 0 Å². The highest BCUT2D eigenvalue weighted by molar-refractivity contribution is 5.76. The molecule has 3 aromatic rings. The van der Waals surface area contributed by atoms with Crippen molar-refractivity contribution in [1.82, 2.24) is 14.5 Å². The molecule has 0 bridgehead atoms. The van der Waals surface area contributed by atoms with Crippen LogP contribution in [-0.4, -0.2) is 33.4 Å². The first-order valence-corrected chi connectivity index (χ1v) is 9.73. The Morgan fingerprint density at radius 3 is 2.48 bits per heavy atom. The Balaban J connectivity index is 1.32. The number of carbonyl (C=O) groups is 1. The molecule has 4 rings (SSSR count). The zero-order valence-corrected chi connectivity index (χ0v) is 15.4. The normalized spacial score (nSPS) is 15.3. The van der Waals surface area contributed by atoms with Crippen molar-refractivity contribution in [3.8, 4) is 0 Å². The van der Waals surface area contributed by atoms with E-state index in [1.165, 1.54) is 5.56 Å². The van der Waals surface area contributed by atoms with Crippen LogP contribution in [0.2, 0.25) is 0 Å². The number of hydrogen-bond donors (Lipinski definition) is 1. The molecule has 0 unspecified atom stereocenters. The minimum Gasteiger partial charge on any atom is -0.343 e. The molecule has 0 saturated carbocycles. The number of H-pyrrole nitrogens is 1. The van der Waals surface area contributed by atoms with Gasteiger partial charge in [-0.15, -0.1) is 0 Å². The molecule has 5 heteroatoms. The number of nitrogens with one attached hydrogen (secondary N) is 1. The third-order valence-electron chi connectivity index (χ3n) is 5.51. The van der Waals surface area contributed by atoms with Crippen LogP contribution in [0.5, 0.6) is 0 Å². The molecule has 1 N–H and O–H groups in total. The van der Waals surface area contributed by atoms with Gasteiger partial charge in [0.05, 0.1) is 11.0 Å². The summed E-state index contributed by atoms with van der Waals surface area (Å²) in [6.07, 6.45) is 4.06. The SMILES string of the molecule is O=C(CCCc1ccccc1)N1CCC(n2c(=O)[nH]c3ccccc32)CC1. The average Bonchev–Trinajstić information content (AvgIpc) is 3.04. The molecule has 0 radical (unpaired) electrons. The molecule has 0 spiro atoms. The molecule has 2 aromatic carbocycles. The highest BCUT2D eigenvalue weighted by Crippen LogP contribution is 2.25. The van der Waals surface area contributed by atoms with Gasteiger partial charge in [0.15, 0.2) is 0 Å². The number of hydrogen-bond acceptors (Lipinski definition) is 2. The fourth-order valence-corrected chi connectivity index (χ4v) is 4.06. The fourth-order valence-electron chi connectivity index (χ4n) is 4.06. The number of imidazole rings is 1. The molecule has 1 aliphatic rings. The maximum Gasteiger partial charge on any atom is 0.326 e. The van der Waals surface area contributed by atoms with Gasteiger partial charge in [-0.2, -0.15) is 0 Å². The number of amides is 1. The predicted molar refractivity (Wildman–Crippen MR) is 107 cm³/mol. The highest BCUT2D eigenvalue weighted by atomic mass is 16.2. The van der Waals surface area contributed by atoms with Crippen molar-refractivity contribution in [3.63, 3.8) is 0 Å². The Kier molecular flexibility index (Phi) is 5.10. The Morgan fingerprint density at radius 1 is 1.00 bits per heavy atom. The number of piperidine rings is 1.